The van der Waals surface area contributed by atoms with Crippen LogP contribution in [0.3, 0.4) is 0 Å². The number of hydrogen-bond acceptors (Lipinski definition) is 3. The number of nitrogens with zero attached hydrogens (tertiary/aromatic N) is 2. The fourth-order valence-electron chi connectivity index (χ4n) is 2.65. The van der Waals surface area contributed by atoms with Gasteiger partial charge < -0.3 is 14.2 Å². The third-order valence-corrected chi connectivity index (χ3v) is 3.92. The zero-order valence-corrected chi connectivity index (χ0v) is 11.7. The molecule has 0 bridgehead atoms. The van der Waals surface area contributed by atoms with Gasteiger partial charge in [0.2, 0.25) is 0 Å². The molecule has 1 aromatic carbocycles. The Balaban J connectivity index is 1.78. The topological polar surface area (TPSA) is 19.6 Å². The lowest BCUT2D eigenvalue weighted by Gasteiger charge is -2.35. The molecule has 4 heteroatoms. The van der Waals surface area contributed by atoms with E-state index in [1.165, 1.54) is 0 Å². The predicted molar refractivity (Wildman–Crippen MR) is 78.4 cm³/mol. The van der Waals surface area contributed by atoms with Gasteiger partial charge in [-0.15, -0.1) is 0 Å². The second kappa shape index (κ2) is 5.67. The second-order valence-corrected chi connectivity index (χ2v) is 5.06. The molecule has 0 amide bonds. The van der Waals surface area contributed by atoms with E-state index < -0.39 is 0 Å². The van der Waals surface area contributed by atoms with E-state index in [1.54, 1.807) is 30.5 Å². The molecule has 0 saturated carbocycles. The van der Waals surface area contributed by atoms with Crippen molar-refractivity contribution in [2.24, 2.45) is 0 Å². The van der Waals surface area contributed by atoms with E-state index in [0.717, 1.165) is 38.4 Å². The van der Waals surface area contributed by atoms with Gasteiger partial charge >= 0.3 is 0 Å². The first kappa shape index (κ1) is 13.2. The van der Waals surface area contributed by atoms with Gasteiger partial charge in [0.1, 0.15) is 11.6 Å². The van der Waals surface area contributed by atoms with Crippen LogP contribution in [0.5, 0.6) is 0 Å². The van der Waals surface area contributed by atoms with Crippen LogP contribution in [0.25, 0.3) is 11.3 Å². The molecule has 0 atom stereocenters. The Morgan fingerprint density at radius 3 is 2.55 bits per heavy atom. The molecule has 20 heavy (non-hydrogen) atoms. The first-order valence-electron chi connectivity index (χ1n) is 7.08. The number of furan rings is 1. The highest BCUT2D eigenvalue weighted by Gasteiger charge is 2.17. The van der Waals surface area contributed by atoms with Crippen LogP contribution in [-0.4, -0.2) is 37.6 Å². The van der Waals surface area contributed by atoms with Crippen molar-refractivity contribution in [2.75, 3.05) is 37.6 Å². The lowest BCUT2D eigenvalue weighted by molar-refractivity contribution is 0.271. The maximum absolute atomic E-state index is 14.2. The number of hydrogen-bond donors (Lipinski definition) is 0. The normalized spacial score (nSPS) is 16.6. The van der Waals surface area contributed by atoms with Gasteiger partial charge in [-0.3, -0.25) is 0 Å². The second-order valence-electron chi connectivity index (χ2n) is 5.06. The summed E-state index contributed by atoms with van der Waals surface area (Å²) in [6.45, 7) is 7.24. The van der Waals surface area contributed by atoms with Crippen molar-refractivity contribution in [1.82, 2.24) is 4.90 Å². The van der Waals surface area contributed by atoms with Gasteiger partial charge in [-0.25, -0.2) is 4.39 Å². The van der Waals surface area contributed by atoms with E-state index in [1.807, 2.05) is 6.07 Å². The number of rotatable bonds is 3. The highest BCUT2D eigenvalue weighted by Crippen LogP contribution is 2.27. The van der Waals surface area contributed by atoms with Crippen molar-refractivity contribution < 1.29 is 8.81 Å². The SMILES string of the molecule is CCN1CCN(c2ccc(-c3ccco3)c(F)c2)CC1. The van der Waals surface area contributed by atoms with Crippen LogP contribution in [0.2, 0.25) is 0 Å². The van der Waals surface area contributed by atoms with Crippen LogP contribution < -0.4 is 4.90 Å². The average molecular weight is 274 g/mol. The van der Waals surface area contributed by atoms with Crippen molar-refractivity contribution in [2.45, 2.75) is 6.92 Å². The van der Waals surface area contributed by atoms with Crippen molar-refractivity contribution in [1.29, 1.82) is 0 Å². The monoisotopic (exact) mass is 274 g/mol. The molecule has 0 spiro atoms. The fourth-order valence-corrected chi connectivity index (χ4v) is 2.65. The van der Waals surface area contributed by atoms with Crippen LogP contribution in [0.15, 0.2) is 41.0 Å². The average Bonchev–Trinajstić information content (AvgIpc) is 3.01. The van der Waals surface area contributed by atoms with E-state index in [4.69, 9.17) is 4.42 Å². The Kier molecular flexibility index (Phi) is 3.74. The molecule has 0 N–H and O–H groups in total. The van der Waals surface area contributed by atoms with Gasteiger partial charge in [-0.1, -0.05) is 6.92 Å². The van der Waals surface area contributed by atoms with E-state index in [0.29, 0.717) is 11.3 Å². The number of likely N-dealkylation sites (N-methyl/N-ethyl adjacent to an activating group) is 1. The molecule has 1 fully saturated rings. The van der Waals surface area contributed by atoms with Crippen LogP contribution in [-0.2, 0) is 0 Å². The highest BCUT2D eigenvalue weighted by molar-refractivity contribution is 5.63. The molecule has 2 heterocycles. The summed E-state index contributed by atoms with van der Waals surface area (Å²) in [7, 11) is 0. The number of piperazine rings is 1. The van der Waals surface area contributed by atoms with Crippen molar-refractivity contribution in [3.05, 3.63) is 42.4 Å². The van der Waals surface area contributed by atoms with Crippen molar-refractivity contribution in [3.63, 3.8) is 0 Å². The molecule has 1 aromatic heterocycles. The minimum atomic E-state index is -0.227. The highest BCUT2D eigenvalue weighted by atomic mass is 19.1. The van der Waals surface area contributed by atoms with Crippen LogP contribution in [0.1, 0.15) is 6.92 Å². The molecule has 0 radical (unpaired) electrons. The Hall–Kier alpha value is -1.81. The summed E-state index contributed by atoms with van der Waals surface area (Å²) < 4.78 is 19.5. The van der Waals surface area contributed by atoms with Crippen LogP contribution in [0, 0.1) is 5.82 Å². The molecule has 3 rings (SSSR count). The molecular weight excluding hydrogens is 255 g/mol. The minimum Gasteiger partial charge on any atom is -0.464 e. The molecular formula is C16H19FN2O. The molecule has 1 saturated heterocycles. The Bertz CT molecular complexity index is 560. The Morgan fingerprint density at radius 2 is 1.95 bits per heavy atom. The van der Waals surface area contributed by atoms with Gasteiger partial charge in [-0.2, -0.15) is 0 Å². The quantitative estimate of drug-likeness (QED) is 0.856. The first-order chi connectivity index (χ1) is 9.78. The minimum absolute atomic E-state index is 0.227. The molecule has 1 aliphatic heterocycles. The lowest BCUT2D eigenvalue weighted by Crippen LogP contribution is -2.46. The summed E-state index contributed by atoms with van der Waals surface area (Å²) in [5.74, 6) is 0.347. The van der Waals surface area contributed by atoms with E-state index in [2.05, 4.69) is 16.7 Å². The van der Waals surface area contributed by atoms with Gasteiger partial charge in [-0.05, 0) is 36.9 Å². The van der Waals surface area contributed by atoms with Crippen LogP contribution in [0.4, 0.5) is 10.1 Å². The largest absolute Gasteiger partial charge is 0.464 e. The molecule has 1 aliphatic rings. The molecule has 0 unspecified atom stereocenters. The van der Waals surface area contributed by atoms with Gasteiger partial charge in [0.25, 0.3) is 0 Å². The summed E-state index contributed by atoms with van der Waals surface area (Å²) >= 11 is 0. The fraction of sp³-hybridized carbons (Fsp3) is 0.375. The van der Waals surface area contributed by atoms with E-state index in [-0.39, 0.29) is 5.82 Å². The smallest absolute Gasteiger partial charge is 0.136 e. The summed E-state index contributed by atoms with van der Waals surface area (Å²) in [5, 5.41) is 0. The summed E-state index contributed by atoms with van der Waals surface area (Å²) in [4.78, 5) is 4.64. The summed E-state index contributed by atoms with van der Waals surface area (Å²) in [6.07, 6.45) is 1.56. The van der Waals surface area contributed by atoms with E-state index in [9.17, 15) is 4.39 Å². The van der Waals surface area contributed by atoms with Gasteiger partial charge in [0.15, 0.2) is 0 Å². The van der Waals surface area contributed by atoms with Gasteiger partial charge in [0, 0.05) is 31.9 Å². The summed E-state index contributed by atoms with van der Waals surface area (Å²) in [5.41, 5.74) is 1.47. The standard InChI is InChI=1S/C16H19FN2O/c1-2-18-7-9-19(10-8-18)13-5-6-14(15(17)12-13)16-4-3-11-20-16/h3-6,11-12H,2,7-10H2,1H3. The predicted octanol–water partition coefficient (Wildman–Crippen LogP) is 3.23. The third-order valence-electron chi connectivity index (χ3n) is 3.92. The maximum atomic E-state index is 14.2. The molecule has 3 nitrogen and oxygen atoms in total. The first-order valence-corrected chi connectivity index (χ1v) is 7.08. The molecule has 106 valence electrons. The van der Waals surface area contributed by atoms with Gasteiger partial charge in [0.05, 0.1) is 11.8 Å². The zero-order valence-electron chi connectivity index (χ0n) is 11.7. The van der Waals surface area contributed by atoms with Crippen LogP contribution >= 0.6 is 0 Å². The number of halogens is 1. The summed E-state index contributed by atoms with van der Waals surface area (Å²) in [6, 6.07) is 8.93. The lowest BCUT2D eigenvalue weighted by atomic mass is 10.1. The van der Waals surface area contributed by atoms with Crippen molar-refractivity contribution in [3.8, 4) is 11.3 Å². The Morgan fingerprint density at radius 1 is 1.15 bits per heavy atom. The Labute approximate surface area is 118 Å². The zero-order chi connectivity index (χ0) is 13.9. The van der Waals surface area contributed by atoms with E-state index >= 15 is 0 Å². The molecule has 0 aliphatic carbocycles. The number of anilines is 1. The van der Waals surface area contributed by atoms with Crippen molar-refractivity contribution >= 4 is 5.69 Å². The number of benzene rings is 1. The molecule has 2 aromatic rings. The maximum Gasteiger partial charge on any atom is 0.136 e. The third kappa shape index (κ3) is 2.56.